The van der Waals surface area contributed by atoms with E-state index >= 15 is 0 Å². The first kappa shape index (κ1) is 31.9. The monoisotopic (exact) mass is 646 g/mol. The van der Waals surface area contributed by atoms with Gasteiger partial charge in [0.05, 0.1) is 12.0 Å². The van der Waals surface area contributed by atoms with Crippen LogP contribution in [-0.4, -0.2) is 68.5 Å². The van der Waals surface area contributed by atoms with Crippen molar-refractivity contribution in [1.82, 2.24) is 15.1 Å². The van der Waals surface area contributed by atoms with Crippen molar-refractivity contribution in [1.29, 1.82) is 5.26 Å². The Morgan fingerprint density at radius 2 is 1.70 bits per heavy atom. The molecule has 3 heterocycles. The number of fused-ring (bicyclic) bond motifs is 2. The van der Waals surface area contributed by atoms with Gasteiger partial charge in [0.1, 0.15) is 12.1 Å². The summed E-state index contributed by atoms with van der Waals surface area (Å²) in [7, 11) is -5.01. The van der Waals surface area contributed by atoms with E-state index in [9.17, 15) is 38.4 Å². The SMILES string of the molecule is N#C[C@H]1CN(C(=O)[C@@H]2CC[C@@H]3CCCC[C@H](NC(=O)c4ccc5ccc(C(F)P(=O)(O)O)cc5c4)C(=O)N32)C[C@@H]1c1ccccc1. The minimum Gasteiger partial charge on any atom is -0.340 e. The van der Waals surface area contributed by atoms with Crippen LogP contribution in [0.5, 0.6) is 0 Å². The highest BCUT2D eigenvalue weighted by Gasteiger charge is 2.47. The summed E-state index contributed by atoms with van der Waals surface area (Å²) in [6.07, 6.45) is 3.99. The lowest BCUT2D eigenvalue weighted by Gasteiger charge is -2.36. The molecule has 1 unspecified atom stereocenters. The molecule has 12 heteroatoms. The topological polar surface area (TPSA) is 151 Å². The van der Waals surface area contributed by atoms with Gasteiger partial charge < -0.3 is 24.9 Å². The molecule has 3 aliphatic rings. The molecule has 240 valence electrons. The Morgan fingerprint density at radius 1 is 0.957 bits per heavy atom. The van der Waals surface area contributed by atoms with Crippen molar-refractivity contribution in [3.05, 3.63) is 83.4 Å². The number of rotatable bonds is 6. The van der Waals surface area contributed by atoms with E-state index < -0.39 is 31.5 Å². The lowest BCUT2D eigenvalue weighted by atomic mass is 9.90. The molecule has 3 aliphatic heterocycles. The van der Waals surface area contributed by atoms with E-state index in [0.29, 0.717) is 43.1 Å². The number of carbonyl (C=O) groups excluding carboxylic acids is 3. The van der Waals surface area contributed by atoms with Gasteiger partial charge in [-0.25, -0.2) is 4.39 Å². The third-order valence-electron chi connectivity index (χ3n) is 9.65. The van der Waals surface area contributed by atoms with Gasteiger partial charge in [0, 0.05) is 30.6 Å². The molecule has 0 spiro atoms. The molecule has 0 bridgehead atoms. The molecule has 3 fully saturated rings. The molecule has 3 N–H and O–H groups in total. The van der Waals surface area contributed by atoms with Crippen molar-refractivity contribution in [2.45, 2.75) is 68.5 Å². The van der Waals surface area contributed by atoms with E-state index in [1.54, 1.807) is 21.9 Å². The molecule has 0 aliphatic carbocycles. The van der Waals surface area contributed by atoms with Crippen molar-refractivity contribution in [3.8, 4) is 6.07 Å². The zero-order valence-electron chi connectivity index (χ0n) is 25.2. The van der Waals surface area contributed by atoms with Crippen LogP contribution in [0.15, 0.2) is 66.7 Å². The molecule has 6 rings (SSSR count). The van der Waals surface area contributed by atoms with E-state index in [1.807, 2.05) is 30.3 Å². The fourth-order valence-electron chi connectivity index (χ4n) is 7.26. The number of hydrogen-bond acceptors (Lipinski definition) is 5. The van der Waals surface area contributed by atoms with Crippen molar-refractivity contribution >= 4 is 36.1 Å². The highest BCUT2D eigenvalue weighted by molar-refractivity contribution is 7.51. The zero-order valence-corrected chi connectivity index (χ0v) is 26.1. The van der Waals surface area contributed by atoms with Crippen LogP contribution in [-0.2, 0) is 14.2 Å². The normalized spacial score (nSPS) is 25.8. The Kier molecular flexibility index (Phi) is 8.97. The van der Waals surface area contributed by atoms with E-state index in [-0.39, 0.29) is 40.8 Å². The average Bonchev–Trinajstić information content (AvgIpc) is 3.68. The van der Waals surface area contributed by atoms with Crippen LogP contribution in [0.1, 0.15) is 71.8 Å². The van der Waals surface area contributed by atoms with Gasteiger partial charge in [0.25, 0.3) is 5.91 Å². The molecule has 46 heavy (non-hydrogen) atoms. The van der Waals surface area contributed by atoms with Gasteiger partial charge in [-0.3, -0.25) is 18.9 Å². The third kappa shape index (κ3) is 6.30. The summed E-state index contributed by atoms with van der Waals surface area (Å²) in [5, 5.41) is 13.8. The molecule has 3 aromatic carbocycles. The fraction of sp³-hybridized carbons (Fsp3) is 0.412. The van der Waals surface area contributed by atoms with Gasteiger partial charge in [-0.1, -0.05) is 61.4 Å². The van der Waals surface area contributed by atoms with Crippen molar-refractivity contribution in [2.75, 3.05) is 13.1 Å². The number of hydrogen-bond donors (Lipinski definition) is 3. The predicted molar refractivity (Wildman–Crippen MR) is 168 cm³/mol. The summed E-state index contributed by atoms with van der Waals surface area (Å²) in [5.41, 5.74) is 1.02. The first-order valence-electron chi connectivity index (χ1n) is 15.6. The largest absolute Gasteiger partial charge is 0.363 e. The van der Waals surface area contributed by atoms with E-state index in [4.69, 9.17) is 0 Å². The van der Waals surface area contributed by atoms with Crippen LogP contribution in [0, 0.1) is 17.2 Å². The van der Waals surface area contributed by atoms with Gasteiger partial charge in [-0.15, -0.1) is 0 Å². The molecule has 3 amide bonds. The fourth-order valence-corrected chi connectivity index (χ4v) is 7.81. The van der Waals surface area contributed by atoms with Crippen LogP contribution >= 0.6 is 7.60 Å². The Labute approximate surface area is 266 Å². The number of nitriles is 1. The molecule has 10 nitrogen and oxygen atoms in total. The van der Waals surface area contributed by atoms with Crippen LogP contribution < -0.4 is 5.32 Å². The number of carbonyl (C=O) groups is 3. The maximum atomic E-state index is 14.4. The number of alkyl halides is 1. The molecule has 3 aromatic rings. The molecule has 0 radical (unpaired) electrons. The van der Waals surface area contributed by atoms with Crippen molar-refractivity contribution in [2.24, 2.45) is 5.92 Å². The zero-order chi connectivity index (χ0) is 32.6. The predicted octanol–water partition coefficient (Wildman–Crippen LogP) is 4.78. The number of nitrogens with one attached hydrogen (secondary N) is 1. The van der Waals surface area contributed by atoms with Crippen LogP contribution in [0.4, 0.5) is 4.39 Å². The number of amides is 3. The lowest BCUT2D eigenvalue weighted by Crippen LogP contribution is -2.56. The van der Waals surface area contributed by atoms with Gasteiger partial charge in [0.2, 0.25) is 17.7 Å². The summed E-state index contributed by atoms with van der Waals surface area (Å²) in [6.45, 7) is 0.713. The Hall–Kier alpha value is -4.10. The van der Waals surface area contributed by atoms with Crippen LogP contribution in [0.25, 0.3) is 10.8 Å². The van der Waals surface area contributed by atoms with Crippen LogP contribution in [0.2, 0.25) is 0 Å². The third-order valence-corrected chi connectivity index (χ3v) is 10.5. The Bertz CT molecular complexity index is 1740. The number of benzene rings is 3. The molecule has 0 saturated carbocycles. The number of halogens is 1. The van der Waals surface area contributed by atoms with E-state index in [1.165, 1.54) is 24.3 Å². The van der Waals surface area contributed by atoms with Gasteiger partial charge in [-0.05, 0) is 65.8 Å². The molecular formula is C34H36FN4O6P. The standard InChI is InChI=1S/C34H36FN4O6P/c35-31(46(43,44)45)23-12-10-21-11-13-24(17-25(21)16-23)32(40)37-29-9-5-4-8-27-14-15-30(39(27)33(29)41)34(42)38-19-26(18-36)28(20-38)22-6-2-1-3-7-22/h1-3,6-7,10-13,16-17,26-31H,4-5,8-9,14-15,19-20H2,(H,37,40)(H2,43,44,45)/t26-,27-,28+,29-,30-,31?/m0/s1. The van der Waals surface area contributed by atoms with Crippen LogP contribution in [0.3, 0.4) is 0 Å². The first-order valence-corrected chi connectivity index (χ1v) is 17.3. The minimum atomic E-state index is -5.01. The molecule has 3 saturated heterocycles. The lowest BCUT2D eigenvalue weighted by molar-refractivity contribution is -0.146. The smallest absolute Gasteiger partial charge is 0.340 e. The summed E-state index contributed by atoms with van der Waals surface area (Å²) < 4.78 is 25.8. The van der Waals surface area contributed by atoms with Gasteiger partial charge in [0.15, 0.2) is 0 Å². The second-order valence-corrected chi connectivity index (χ2v) is 14.2. The summed E-state index contributed by atoms with van der Waals surface area (Å²) >= 11 is 0. The second-order valence-electron chi connectivity index (χ2n) is 12.5. The van der Waals surface area contributed by atoms with Crippen molar-refractivity contribution in [3.63, 3.8) is 0 Å². The Morgan fingerprint density at radius 3 is 2.43 bits per heavy atom. The van der Waals surface area contributed by atoms with Crippen molar-refractivity contribution < 1.29 is 33.1 Å². The second kappa shape index (κ2) is 13.0. The Balaban J connectivity index is 1.19. The maximum absolute atomic E-state index is 14.4. The first-order chi connectivity index (χ1) is 22.0. The highest BCUT2D eigenvalue weighted by Crippen LogP contribution is 2.53. The summed E-state index contributed by atoms with van der Waals surface area (Å²) in [6, 6.07) is 19.3. The number of nitrogens with zero attached hydrogens (tertiary/aromatic N) is 3. The molecule has 0 aromatic heterocycles. The number of likely N-dealkylation sites (tertiary alicyclic amines) is 1. The maximum Gasteiger partial charge on any atom is 0.363 e. The molecule has 6 atom stereocenters. The summed E-state index contributed by atoms with van der Waals surface area (Å²) in [5.74, 6) is -3.90. The van der Waals surface area contributed by atoms with E-state index in [0.717, 1.165) is 24.8 Å². The highest BCUT2D eigenvalue weighted by atomic mass is 31.2. The van der Waals surface area contributed by atoms with E-state index in [2.05, 4.69) is 11.4 Å². The summed E-state index contributed by atoms with van der Waals surface area (Å²) in [4.78, 5) is 63.4. The quantitative estimate of drug-likeness (QED) is 0.326. The average molecular weight is 647 g/mol. The van der Waals surface area contributed by atoms with Gasteiger partial charge in [-0.2, -0.15) is 5.26 Å². The molecular weight excluding hydrogens is 610 g/mol. The minimum absolute atomic E-state index is 0.104. The van der Waals surface area contributed by atoms with Gasteiger partial charge >= 0.3 is 7.60 Å².